The van der Waals surface area contributed by atoms with E-state index in [1.54, 1.807) is 6.08 Å². The summed E-state index contributed by atoms with van der Waals surface area (Å²) >= 11 is 0. The molecular weight excluding hydrogens is 1150 g/mol. The first-order chi connectivity index (χ1) is 45.0. The Kier molecular flexibility index (Phi) is 72.0. The van der Waals surface area contributed by atoms with Gasteiger partial charge in [0.05, 0.1) is 39.9 Å². The zero-order valence-electron chi connectivity index (χ0n) is 62.3. The summed E-state index contributed by atoms with van der Waals surface area (Å²) in [6.07, 6.45) is 103. The van der Waals surface area contributed by atoms with Crippen LogP contribution in [-0.4, -0.2) is 73.4 Å². The third-order valence-electron chi connectivity index (χ3n) is 18.7. The molecule has 1 amide bonds. The maximum Gasteiger partial charge on any atom is 0.472 e. The number of phosphoric acid groups is 1. The SMILES string of the molecule is CC/C=C\C/C=C\C/C=C\C/C=C\CCCCCCCCCCCCCCCCCCCCCCCCCCCCC(=O)NC(COP(=O)(O)OCC[N+](C)(C)C)C(O)/C=C/CCCCCCCCCCCCCCCCCCCCCCCCCCCCCCC. The molecule has 0 aliphatic carbocycles. The Morgan fingerprint density at radius 2 is 0.652 bits per heavy atom. The Balaban J connectivity index is 3.92. The van der Waals surface area contributed by atoms with Crippen LogP contribution in [0.25, 0.3) is 0 Å². The summed E-state index contributed by atoms with van der Waals surface area (Å²) in [5, 5.41) is 14.1. The number of allylic oxidation sites excluding steroid dienone is 9. The number of quaternary nitrogens is 1. The Morgan fingerprint density at radius 3 is 0.957 bits per heavy atom. The molecule has 0 spiro atoms. The van der Waals surface area contributed by atoms with Crippen LogP contribution in [0.5, 0.6) is 0 Å². The number of phosphoric ester groups is 1. The van der Waals surface area contributed by atoms with Gasteiger partial charge in [-0.2, -0.15) is 0 Å². The number of aliphatic hydroxyl groups excluding tert-OH is 1. The van der Waals surface area contributed by atoms with Gasteiger partial charge in [-0.15, -0.1) is 0 Å². The molecule has 0 aromatic heterocycles. The van der Waals surface area contributed by atoms with Gasteiger partial charge in [0.25, 0.3) is 0 Å². The number of likely N-dealkylation sites (N-methyl/N-ethyl adjacent to an activating group) is 1. The van der Waals surface area contributed by atoms with Crippen LogP contribution >= 0.6 is 7.82 Å². The van der Waals surface area contributed by atoms with Crippen LogP contribution in [0, 0.1) is 0 Å². The average molecular weight is 1310 g/mol. The third-order valence-corrected chi connectivity index (χ3v) is 19.7. The van der Waals surface area contributed by atoms with Gasteiger partial charge in [-0.25, -0.2) is 4.57 Å². The number of hydrogen-bond acceptors (Lipinski definition) is 5. The zero-order valence-corrected chi connectivity index (χ0v) is 63.2. The lowest BCUT2D eigenvalue weighted by Gasteiger charge is -2.25. The molecular formula is C83H160N2O6P+. The van der Waals surface area contributed by atoms with E-state index in [2.05, 4.69) is 67.8 Å². The predicted molar refractivity (Wildman–Crippen MR) is 406 cm³/mol. The highest BCUT2D eigenvalue weighted by atomic mass is 31.2. The molecule has 0 aliphatic rings. The Bertz CT molecular complexity index is 1690. The summed E-state index contributed by atoms with van der Waals surface area (Å²) in [5.74, 6) is -0.168. The summed E-state index contributed by atoms with van der Waals surface area (Å²) in [6, 6.07) is -0.848. The third kappa shape index (κ3) is 75.6. The van der Waals surface area contributed by atoms with E-state index in [0.717, 1.165) is 57.8 Å². The van der Waals surface area contributed by atoms with Gasteiger partial charge in [0.1, 0.15) is 13.2 Å². The van der Waals surface area contributed by atoms with Crippen molar-refractivity contribution < 1.29 is 32.9 Å². The van der Waals surface area contributed by atoms with E-state index in [-0.39, 0.29) is 19.1 Å². The highest BCUT2D eigenvalue weighted by molar-refractivity contribution is 7.47. The lowest BCUT2D eigenvalue weighted by Crippen LogP contribution is -2.45. The van der Waals surface area contributed by atoms with Gasteiger partial charge < -0.3 is 19.8 Å². The molecule has 0 saturated heterocycles. The van der Waals surface area contributed by atoms with E-state index in [0.29, 0.717) is 17.4 Å². The minimum Gasteiger partial charge on any atom is -0.387 e. The number of rotatable bonds is 76. The van der Waals surface area contributed by atoms with Crippen LogP contribution in [0.2, 0.25) is 0 Å². The zero-order chi connectivity index (χ0) is 66.9. The van der Waals surface area contributed by atoms with E-state index >= 15 is 0 Å². The van der Waals surface area contributed by atoms with Gasteiger partial charge in [-0.1, -0.05) is 408 Å². The molecule has 0 bridgehead atoms. The molecule has 92 heavy (non-hydrogen) atoms. The number of amides is 1. The first-order valence-corrected chi connectivity index (χ1v) is 42.2. The maximum absolute atomic E-state index is 13.1. The first kappa shape index (κ1) is 90.2. The van der Waals surface area contributed by atoms with E-state index in [4.69, 9.17) is 9.05 Å². The van der Waals surface area contributed by atoms with Crippen LogP contribution < -0.4 is 5.32 Å². The number of unbranched alkanes of at least 4 members (excludes halogenated alkanes) is 55. The highest BCUT2D eigenvalue weighted by Crippen LogP contribution is 2.43. The van der Waals surface area contributed by atoms with E-state index in [9.17, 15) is 19.4 Å². The van der Waals surface area contributed by atoms with E-state index in [1.807, 2.05) is 27.2 Å². The highest BCUT2D eigenvalue weighted by Gasteiger charge is 2.28. The minimum absolute atomic E-state index is 0.0634. The normalized spacial score (nSPS) is 13.8. The van der Waals surface area contributed by atoms with Crippen molar-refractivity contribution >= 4 is 13.7 Å². The molecule has 0 saturated carbocycles. The summed E-state index contributed by atoms with van der Waals surface area (Å²) in [6.45, 7) is 4.77. The Labute approximate surface area is 574 Å². The number of hydrogen-bond donors (Lipinski definition) is 3. The molecule has 0 fully saturated rings. The Hall–Kier alpha value is -1.80. The van der Waals surface area contributed by atoms with Crippen LogP contribution in [-0.2, 0) is 18.4 Å². The largest absolute Gasteiger partial charge is 0.472 e. The van der Waals surface area contributed by atoms with Gasteiger partial charge >= 0.3 is 7.82 Å². The van der Waals surface area contributed by atoms with Crippen molar-refractivity contribution in [3.05, 3.63) is 60.8 Å². The van der Waals surface area contributed by atoms with Gasteiger partial charge in [0.2, 0.25) is 5.91 Å². The van der Waals surface area contributed by atoms with Crippen molar-refractivity contribution in [2.24, 2.45) is 0 Å². The fourth-order valence-corrected chi connectivity index (χ4v) is 13.2. The topological polar surface area (TPSA) is 105 Å². The molecule has 9 heteroatoms. The number of carbonyl (C=O) groups is 1. The van der Waals surface area contributed by atoms with Gasteiger partial charge in [0, 0.05) is 6.42 Å². The predicted octanol–water partition coefficient (Wildman–Crippen LogP) is 26.7. The molecule has 0 aliphatic heterocycles. The molecule has 0 radical (unpaired) electrons. The van der Waals surface area contributed by atoms with Crippen LogP contribution in [0.15, 0.2) is 60.8 Å². The second-order valence-electron chi connectivity index (χ2n) is 29.1. The lowest BCUT2D eigenvalue weighted by molar-refractivity contribution is -0.870. The molecule has 8 nitrogen and oxygen atoms in total. The molecule has 542 valence electrons. The summed E-state index contributed by atoms with van der Waals surface area (Å²) < 4.78 is 23.9. The molecule has 0 aromatic carbocycles. The van der Waals surface area contributed by atoms with Crippen molar-refractivity contribution in [1.82, 2.24) is 5.32 Å². The van der Waals surface area contributed by atoms with Gasteiger partial charge in [-0.3, -0.25) is 13.8 Å². The monoisotopic (exact) mass is 1310 g/mol. The van der Waals surface area contributed by atoms with Gasteiger partial charge in [-0.05, 0) is 57.8 Å². The van der Waals surface area contributed by atoms with Crippen LogP contribution in [0.1, 0.15) is 412 Å². The fourth-order valence-electron chi connectivity index (χ4n) is 12.5. The van der Waals surface area contributed by atoms with Crippen LogP contribution in [0.4, 0.5) is 0 Å². The average Bonchev–Trinajstić information content (AvgIpc) is 2.63. The van der Waals surface area contributed by atoms with Crippen molar-refractivity contribution in [2.45, 2.75) is 424 Å². The smallest absolute Gasteiger partial charge is 0.387 e. The number of nitrogens with zero attached hydrogens (tertiary/aromatic N) is 1. The lowest BCUT2D eigenvalue weighted by atomic mass is 10.0. The molecule has 3 atom stereocenters. The number of nitrogens with one attached hydrogen (secondary N) is 1. The molecule has 3 unspecified atom stereocenters. The van der Waals surface area contributed by atoms with Gasteiger partial charge in [0.15, 0.2) is 0 Å². The Morgan fingerprint density at radius 1 is 0.380 bits per heavy atom. The van der Waals surface area contributed by atoms with E-state index in [1.165, 1.54) is 334 Å². The molecule has 3 N–H and O–H groups in total. The fraction of sp³-hybridized carbons (Fsp3) is 0.867. The first-order valence-electron chi connectivity index (χ1n) is 40.7. The van der Waals surface area contributed by atoms with Crippen LogP contribution in [0.3, 0.4) is 0 Å². The molecule has 0 rings (SSSR count). The standard InChI is InChI=1S/C83H159N2O6P/c1-6-8-10-12-14-16-18-20-22-24-26-28-30-32-34-36-38-39-40-41-42-43-44-45-47-49-51-53-55-57-59-61-63-65-67-69-71-73-75-77-83(87)84-81(80-91-92(88,89)90-79-78-85(3,4)5)82(86)76-74-72-70-68-66-64-62-60-58-56-54-52-50-48-46-37-35-33-31-29-27-25-23-21-19-17-15-13-11-9-7-2/h8,10,14,16,20,22,26,28,74,76,81-82,86H,6-7,9,11-13,15,17-19,21,23-25,27,29-73,75,77-80H2,1-5H3,(H-,84,87,88,89)/p+1/b10-8-,16-14-,22-20-,28-26-,76-74+. The summed E-state index contributed by atoms with van der Waals surface area (Å²) in [5.41, 5.74) is 0. The van der Waals surface area contributed by atoms with Crippen molar-refractivity contribution in [1.29, 1.82) is 0 Å². The second-order valence-corrected chi connectivity index (χ2v) is 30.6. The quantitative estimate of drug-likeness (QED) is 0.0243. The second kappa shape index (κ2) is 73.4. The minimum atomic E-state index is -4.36. The van der Waals surface area contributed by atoms with E-state index < -0.39 is 20.0 Å². The summed E-state index contributed by atoms with van der Waals surface area (Å²) in [7, 11) is 1.59. The molecule has 0 aromatic rings. The van der Waals surface area contributed by atoms with Crippen molar-refractivity contribution in [3.63, 3.8) is 0 Å². The van der Waals surface area contributed by atoms with Crippen molar-refractivity contribution in [2.75, 3.05) is 40.9 Å². The molecule has 0 heterocycles. The van der Waals surface area contributed by atoms with Crippen molar-refractivity contribution in [3.8, 4) is 0 Å². The number of aliphatic hydroxyl groups is 1. The maximum atomic E-state index is 13.1. The number of carbonyl (C=O) groups excluding carboxylic acids is 1. The summed E-state index contributed by atoms with van der Waals surface area (Å²) in [4.78, 5) is 23.5.